The SMILES string of the molecule is CC1CC(c2ncc(-c3nc(Nc4ccc(S(=O)(=O)CCO)cc4)ncc3F)[nH]2)CCO1. The van der Waals surface area contributed by atoms with Crippen molar-refractivity contribution in [1.29, 1.82) is 0 Å². The number of rotatable bonds is 7. The van der Waals surface area contributed by atoms with Crippen LogP contribution in [0.15, 0.2) is 41.6 Å². The van der Waals surface area contributed by atoms with Crippen molar-refractivity contribution in [3.05, 3.63) is 48.3 Å². The molecule has 3 aromatic rings. The molecule has 0 aliphatic carbocycles. The number of H-pyrrole nitrogens is 1. The molecule has 1 saturated heterocycles. The first-order chi connectivity index (χ1) is 15.4. The van der Waals surface area contributed by atoms with Crippen molar-refractivity contribution < 1.29 is 22.7 Å². The van der Waals surface area contributed by atoms with Gasteiger partial charge in [-0.3, -0.25) is 0 Å². The highest BCUT2D eigenvalue weighted by molar-refractivity contribution is 7.91. The number of anilines is 2. The number of sulfone groups is 1. The third kappa shape index (κ3) is 4.95. The van der Waals surface area contributed by atoms with Crippen molar-refractivity contribution >= 4 is 21.5 Å². The Morgan fingerprint density at radius 3 is 2.75 bits per heavy atom. The van der Waals surface area contributed by atoms with E-state index in [0.29, 0.717) is 18.0 Å². The Labute approximate surface area is 185 Å². The number of aromatic nitrogens is 4. The minimum Gasteiger partial charge on any atom is -0.395 e. The highest BCUT2D eigenvalue weighted by atomic mass is 32.2. The maximum Gasteiger partial charge on any atom is 0.227 e. The van der Waals surface area contributed by atoms with E-state index in [9.17, 15) is 12.8 Å². The number of hydrogen-bond acceptors (Lipinski definition) is 8. The summed E-state index contributed by atoms with van der Waals surface area (Å²) in [7, 11) is -3.54. The van der Waals surface area contributed by atoms with Gasteiger partial charge in [0, 0.05) is 18.2 Å². The van der Waals surface area contributed by atoms with Gasteiger partial charge in [0.1, 0.15) is 11.5 Å². The van der Waals surface area contributed by atoms with Crippen LogP contribution in [0.2, 0.25) is 0 Å². The second-order valence-corrected chi connectivity index (χ2v) is 9.78. The highest BCUT2D eigenvalue weighted by Gasteiger charge is 2.24. The van der Waals surface area contributed by atoms with E-state index in [0.717, 1.165) is 24.9 Å². The van der Waals surface area contributed by atoms with Crippen LogP contribution in [0.5, 0.6) is 0 Å². The molecule has 0 radical (unpaired) electrons. The standard InChI is InChI=1S/C21H24FN5O4S/c1-13-10-14(6-8-31-13)20-23-12-18(26-20)19-17(22)11-24-21(27-19)25-15-2-4-16(5-3-15)32(29,30)9-7-28/h2-5,11-14,28H,6-10H2,1H3,(H,23,26)(H,24,25,27). The molecule has 4 rings (SSSR count). The first kappa shape index (κ1) is 22.3. The Morgan fingerprint density at radius 1 is 1.25 bits per heavy atom. The summed E-state index contributed by atoms with van der Waals surface area (Å²) in [5.74, 6) is 0.223. The first-order valence-electron chi connectivity index (χ1n) is 10.3. The lowest BCUT2D eigenvalue weighted by Crippen LogP contribution is -2.22. The van der Waals surface area contributed by atoms with E-state index < -0.39 is 22.3 Å². The van der Waals surface area contributed by atoms with E-state index in [1.807, 2.05) is 6.92 Å². The summed E-state index contributed by atoms with van der Waals surface area (Å²) in [5.41, 5.74) is 1.07. The Morgan fingerprint density at radius 2 is 2.03 bits per heavy atom. The van der Waals surface area contributed by atoms with Crippen LogP contribution >= 0.6 is 0 Å². The van der Waals surface area contributed by atoms with Crippen molar-refractivity contribution in [3.8, 4) is 11.4 Å². The van der Waals surface area contributed by atoms with Crippen LogP contribution in [-0.2, 0) is 14.6 Å². The molecule has 170 valence electrons. The van der Waals surface area contributed by atoms with Gasteiger partial charge in [0.05, 0.1) is 41.4 Å². The maximum absolute atomic E-state index is 14.5. The summed E-state index contributed by atoms with van der Waals surface area (Å²) in [6.07, 6.45) is 4.47. The van der Waals surface area contributed by atoms with Crippen molar-refractivity contribution in [3.63, 3.8) is 0 Å². The fraction of sp³-hybridized carbons (Fsp3) is 0.381. The normalized spacial score (nSPS) is 19.1. The molecule has 1 aliphatic rings. The van der Waals surface area contributed by atoms with Crippen molar-refractivity contribution in [2.24, 2.45) is 0 Å². The van der Waals surface area contributed by atoms with Crippen molar-refractivity contribution in [2.75, 3.05) is 24.3 Å². The fourth-order valence-electron chi connectivity index (χ4n) is 3.64. The Kier molecular flexibility index (Phi) is 6.49. The van der Waals surface area contributed by atoms with E-state index in [2.05, 4.69) is 25.3 Å². The summed E-state index contributed by atoms with van der Waals surface area (Å²) in [6.45, 7) is 2.24. The van der Waals surface area contributed by atoms with Crippen LogP contribution in [0, 0.1) is 5.82 Å². The number of imidazole rings is 1. The molecule has 11 heteroatoms. The third-order valence-corrected chi connectivity index (χ3v) is 7.01. The number of hydrogen-bond donors (Lipinski definition) is 3. The zero-order chi connectivity index (χ0) is 22.7. The average molecular weight is 462 g/mol. The number of nitrogens with one attached hydrogen (secondary N) is 2. The van der Waals surface area contributed by atoms with Gasteiger partial charge < -0.3 is 20.1 Å². The fourth-order valence-corrected chi connectivity index (χ4v) is 4.67. The van der Waals surface area contributed by atoms with Gasteiger partial charge in [0.25, 0.3) is 0 Å². The lowest BCUT2D eigenvalue weighted by atomic mass is 9.96. The Balaban J connectivity index is 1.52. The van der Waals surface area contributed by atoms with E-state index >= 15 is 0 Å². The van der Waals surface area contributed by atoms with E-state index in [-0.39, 0.29) is 34.3 Å². The number of aliphatic hydroxyl groups is 1. The molecule has 2 aromatic heterocycles. The zero-order valence-electron chi connectivity index (χ0n) is 17.5. The highest BCUT2D eigenvalue weighted by Crippen LogP contribution is 2.30. The van der Waals surface area contributed by atoms with Crippen molar-refractivity contribution in [1.82, 2.24) is 19.9 Å². The Bertz CT molecular complexity index is 1180. The molecular weight excluding hydrogens is 437 g/mol. The third-order valence-electron chi connectivity index (χ3n) is 5.30. The van der Waals surface area contributed by atoms with Gasteiger partial charge in [-0.25, -0.2) is 27.8 Å². The van der Waals surface area contributed by atoms with Gasteiger partial charge in [-0.05, 0) is 44.0 Å². The molecule has 32 heavy (non-hydrogen) atoms. The van der Waals surface area contributed by atoms with Gasteiger partial charge in [-0.2, -0.15) is 0 Å². The second-order valence-electron chi connectivity index (χ2n) is 7.67. The monoisotopic (exact) mass is 461 g/mol. The summed E-state index contributed by atoms with van der Waals surface area (Å²) < 4.78 is 44.1. The van der Waals surface area contributed by atoms with Crippen LogP contribution < -0.4 is 5.32 Å². The molecule has 0 spiro atoms. The topological polar surface area (TPSA) is 130 Å². The summed E-state index contributed by atoms with van der Waals surface area (Å²) in [4.78, 5) is 15.9. The van der Waals surface area contributed by atoms with Crippen LogP contribution in [0.4, 0.5) is 16.0 Å². The largest absolute Gasteiger partial charge is 0.395 e. The number of nitrogens with zero attached hydrogens (tertiary/aromatic N) is 3. The molecule has 0 amide bonds. The lowest BCUT2D eigenvalue weighted by Gasteiger charge is -2.25. The molecule has 1 aromatic carbocycles. The molecule has 0 saturated carbocycles. The number of aromatic amines is 1. The molecule has 0 bridgehead atoms. The summed E-state index contributed by atoms with van der Waals surface area (Å²) >= 11 is 0. The molecule has 2 unspecified atom stereocenters. The Hall–Kier alpha value is -2.89. The van der Waals surface area contributed by atoms with Gasteiger partial charge in [-0.1, -0.05) is 0 Å². The van der Waals surface area contributed by atoms with Gasteiger partial charge in [-0.15, -0.1) is 0 Å². The van der Waals surface area contributed by atoms with Gasteiger partial charge in [0.15, 0.2) is 15.7 Å². The van der Waals surface area contributed by atoms with Crippen LogP contribution in [0.1, 0.15) is 31.5 Å². The van der Waals surface area contributed by atoms with E-state index in [1.54, 1.807) is 18.3 Å². The number of benzene rings is 1. The molecule has 9 nitrogen and oxygen atoms in total. The molecule has 3 N–H and O–H groups in total. The van der Waals surface area contributed by atoms with E-state index in [4.69, 9.17) is 9.84 Å². The van der Waals surface area contributed by atoms with E-state index in [1.165, 1.54) is 12.1 Å². The second kappa shape index (κ2) is 9.31. The maximum atomic E-state index is 14.5. The van der Waals surface area contributed by atoms with Crippen LogP contribution in [0.3, 0.4) is 0 Å². The van der Waals surface area contributed by atoms with Crippen LogP contribution in [-0.4, -0.2) is 58.5 Å². The number of ether oxygens (including phenoxy) is 1. The predicted molar refractivity (Wildman–Crippen MR) is 116 cm³/mol. The molecule has 1 aliphatic heterocycles. The molecular formula is C21H24FN5O4S. The quantitative estimate of drug-likeness (QED) is 0.490. The predicted octanol–water partition coefficient (Wildman–Crippen LogP) is 2.80. The molecule has 1 fully saturated rings. The summed E-state index contributed by atoms with van der Waals surface area (Å²) in [6, 6.07) is 5.95. The summed E-state index contributed by atoms with van der Waals surface area (Å²) in [5, 5.41) is 11.8. The smallest absolute Gasteiger partial charge is 0.227 e. The first-order valence-corrected chi connectivity index (χ1v) is 11.9. The minimum atomic E-state index is -3.54. The van der Waals surface area contributed by atoms with Crippen LogP contribution in [0.25, 0.3) is 11.4 Å². The minimum absolute atomic E-state index is 0.0866. The van der Waals surface area contributed by atoms with Gasteiger partial charge in [0.2, 0.25) is 5.95 Å². The number of halogens is 1. The van der Waals surface area contributed by atoms with Crippen molar-refractivity contribution in [2.45, 2.75) is 36.7 Å². The molecule has 3 heterocycles. The zero-order valence-corrected chi connectivity index (χ0v) is 18.3. The van der Waals surface area contributed by atoms with Gasteiger partial charge >= 0.3 is 0 Å². The lowest BCUT2D eigenvalue weighted by molar-refractivity contribution is 0.0174. The average Bonchev–Trinajstić information content (AvgIpc) is 3.26. The molecule has 2 atom stereocenters. The number of aliphatic hydroxyl groups excluding tert-OH is 1.